The van der Waals surface area contributed by atoms with E-state index in [1.807, 2.05) is 30.5 Å². The Hall–Kier alpha value is -5.16. The molecule has 0 spiro atoms. The highest BCUT2D eigenvalue weighted by atomic mass is 19.1. The van der Waals surface area contributed by atoms with Gasteiger partial charge >= 0.3 is 18.2 Å². The van der Waals surface area contributed by atoms with Crippen molar-refractivity contribution in [3.8, 4) is 11.3 Å². The molecule has 0 bridgehead atoms. The highest BCUT2D eigenvalue weighted by Gasteiger charge is 2.30. The molecule has 47 heavy (non-hydrogen) atoms. The van der Waals surface area contributed by atoms with E-state index in [1.165, 1.54) is 12.1 Å². The molecule has 1 fully saturated rings. The van der Waals surface area contributed by atoms with Gasteiger partial charge in [-0.3, -0.25) is 15.4 Å². The summed E-state index contributed by atoms with van der Waals surface area (Å²) in [5.41, 5.74) is 4.44. The summed E-state index contributed by atoms with van der Waals surface area (Å²) in [6, 6.07) is 23.7. The molecule has 11 heteroatoms. The molecule has 2 atom stereocenters. The average Bonchev–Trinajstić information content (AvgIpc) is 3.36. The number of hydrogen-bond acceptors (Lipinski definition) is 7. The van der Waals surface area contributed by atoms with Crippen LogP contribution in [0.3, 0.4) is 0 Å². The quantitative estimate of drug-likeness (QED) is 0.115. The third-order valence-corrected chi connectivity index (χ3v) is 7.83. The summed E-state index contributed by atoms with van der Waals surface area (Å²) in [5, 5.41) is 15.6. The molecule has 5 rings (SSSR count). The van der Waals surface area contributed by atoms with Crippen molar-refractivity contribution in [1.29, 1.82) is 0 Å². The Bertz CT molecular complexity index is 1670. The molecule has 3 N–H and O–H groups in total. The normalized spacial score (nSPS) is 16.0. The zero-order valence-corrected chi connectivity index (χ0v) is 26.3. The Kier molecular flexibility index (Phi) is 10.9. The number of cyclic esters (lactones) is 1. The molecule has 0 radical (unpaired) electrons. The molecule has 1 aromatic heterocycles. The average molecular weight is 644 g/mol. The smallest absolute Gasteiger partial charge is 0.411 e. The molecule has 2 heterocycles. The number of carbonyl (C=O) groups excluding carboxylic acids is 3. The number of benzene rings is 3. The summed E-state index contributed by atoms with van der Waals surface area (Å²) in [6.45, 7) is 4.00. The van der Waals surface area contributed by atoms with Gasteiger partial charge < -0.3 is 23.9 Å². The van der Waals surface area contributed by atoms with Gasteiger partial charge in [0.2, 0.25) is 0 Å². The van der Waals surface area contributed by atoms with E-state index in [0.717, 1.165) is 5.69 Å². The second-order valence-corrected chi connectivity index (χ2v) is 11.6. The molecule has 1 aliphatic heterocycles. The lowest BCUT2D eigenvalue weighted by Gasteiger charge is -2.27. The Balaban J connectivity index is 1.52. The number of nitrogens with zero attached hydrogens (tertiary/aromatic N) is 1. The van der Waals surface area contributed by atoms with Crippen molar-refractivity contribution in [3.63, 3.8) is 0 Å². The molecule has 0 aliphatic carbocycles. The van der Waals surface area contributed by atoms with Crippen molar-refractivity contribution in [1.82, 2.24) is 4.57 Å². The minimum atomic E-state index is -0.786. The monoisotopic (exact) mass is 643 g/mol. The number of aliphatic hydroxyl groups is 1. The first-order valence-corrected chi connectivity index (χ1v) is 15.5. The maximum absolute atomic E-state index is 14.1. The first kappa shape index (κ1) is 33.2. The van der Waals surface area contributed by atoms with Crippen molar-refractivity contribution in [2.24, 2.45) is 0 Å². The number of nitrogens with one attached hydrogen (secondary N) is 2. The number of aromatic nitrogens is 1. The number of hydrogen-bond donors (Lipinski definition) is 3. The number of para-hydroxylation sites is 2. The largest absolute Gasteiger partial charge is 0.462 e. The third kappa shape index (κ3) is 8.76. The predicted octanol–water partition coefficient (Wildman–Crippen LogP) is 7.37. The summed E-state index contributed by atoms with van der Waals surface area (Å²) >= 11 is 0. The van der Waals surface area contributed by atoms with Gasteiger partial charge in [-0.2, -0.15) is 0 Å². The van der Waals surface area contributed by atoms with Crippen LogP contribution in [0.25, 0.3) is 11.3 Å². The van der Waals surface area contributed by atoms with E-state index < -0.39 is 36.2 Å². The van der Waals surface area contributed by atoms with E-state index >= 15 is 0 Å². The van der Waals surface area contributed by atoms with Crippen LogP contribution in [0.2, 0.25) is 0 Å². The summed E-state index contributed by atoms with van der Waals surface area (Å²) in [6.07, 6.45) is -2.00. The molecule has 2 amide bonds. The number of aliphatic hydroxyl groups excluding tert-OH is 1. The van der Waals surface area contributed by atoms with Crippen molar-refractivity contribution in [3.05, 3.63) is 108 Å². The fraction of sp³-hybridized carbons (Fsp3) is 0.306. The van der Waals surface area contributed by atoms with Gasteiger partial charge in [-0.25, -0.2) is 14.0 Å². The second kappa shape index (κ2) is 15.4. The van der Waals surface area contributed by atoms with Crippen molar-refractivity contribution >= 4 is 29.5 Å². The van der Waals surface area contributed by atoms with Crippen LogP contribution in [0.15, 0.2) is 84.9 Å². The second-order valence-electron chi connectivity index (χ2n) is 11.6. The minimum absolute atomic E-state index is 0.0445. The lowest BCUT2D eigenvalue weighted by Crippen LogP contribution is -2.33. The Morgan fingerprint density at radius 1 is 0.894 bits per heavy atom. The van der Waals surface area contributed by atoms with Crippen LogP contribution in [0.1, 0.15) is 55.8 Å². The molecule has 0 unspecified atom stereocenters. The van der Waals surface area contributed by atoms with E-state index in [-0.39, 0.29) is 25.6 Å². The molecule has 10 nitrogen and oxygen atoms in total. The highest BCUT2D eigenvalue weighted by molar-refractivity contribution is 5.85. The van der Waals surface area contributed by atoms with Crippen LogP contribution >= 0.6 is 0 Å². The van der Waals surface area contributed by atoms with Gasteiger partial charge in [0, 0.05) is 47.6 Å². The fourth-order valence-corrected chi connectivity index (χ4v) is 5.83. The molecular formula is C36H38FN3O7. The lowest BCUT2D eigenvalue weighted by atomic mass is 10.0. The third-order valence-electron chi connectivity index (χ3n) is 7.83. The van der Waals surface area contributed by atoms with Gasteiger partial charge in [-0.15, -0.1) is 0 Å². The molecule has 1 aliphatic rings. The van der Waals surface area contributed by atoms with Crippen LogP contribution in [-0.4, -0.2) is 40.0 Å². The van der Waals surface area contributed by atoms with Crippen LogP contribution in [0, 0.1) is 5.82 Å². The highest BCUT2D eigenvalue weighted by Crippen LogP contribution is 2.38. The summed E-state index contributed by atoms with van der Waals surface area (Å²) in [5.74, 6) is -0.974. The fourth-order valence-electron chi connectivity index (χ4n) is 5.83. The number of rotatable bonds is 11. The Morgan fingerprint density at radius 3 is 1.98 bits per heavy atom. The van der Waals surface area contributed by atoms with Crippen molar-refractivity contribution in [2.45, 2.75) is 71.0 Å². The van der Waals surface area contributed by atoms with Crippen LogP contribution in [0.4, 0.5) is 25.4 Å². The van der Waals surface area contributed by atoms with E-state index in [9.17, 15) is 23.9 Å². The van der Waals surface area contributed by atoms with E-state index in [2.05, 4.69) is 10.6 Å². The van der Waals surface area contributed by atoms with E-state index in [0.29, 0.717) is 53.1 Å². The summed E-state index contributed by atoms with van der Waals surface area (Å²) in [7, 11) is 0. The molecule has 3 aromatic carbocycles. The van der Waals surface area contributed by atoms with E-state index in [1.54, 1.807) is 60.7 Å². The van der Waals surface area contributed by atoms with Crippen molar-refractivity contribution < 1.29 is 38.1 Å². The number of halogens is 1. The molecule has 4 aromatic rings. The lowest BCUT2D eigenvalue weighted by molar-refractivity contribution is -0.160. The van der Waals surface area contributed by atoms with Gasteiger partial charge in [0.1, 0.15) is 25.1 Å². The maximum atomic E-state index is 14.1. The molecular weight excluding hydrogens is 605 g/mol. The zero-order chi connectivity index (χ0) is 33.3. The first-order chi connectivity index (χ1) is 22.7. The maximum Gasteiger partial charge on any atom is 0.411 e. The van der Waals surface area contributed by atoms with Gasteiger partial charge in [0.25, 0.3) is 0 Å². The van der Waals surface area contributed by atoms with Crippen LogP contribution in [0.5, 0.6) is 0 Å². The summed E-state index contributed by atoms with van der Waals surface area (Å²) < 4.78 is 33.1. The first-order valence-electron chi connectivity index (χ1n) is 15.5. The van der Waals surface area contributed by atoms with E-state index in [4.69, 9.17) is 14.2 Å². The zero-order valence-electron chi connectivity index (χ0n) is 26.3. The predicted molar refractivity (Wildman–Crippen MR) is 174 cm³/mol. The number of anilines is 2. The number of amides is 2. The number of carbonyl (C=O) groups is 3. The SMILES string of the molecule is CC(C)c1c(COC(=O)Nc2ccccc2)c(COC(=O)Nc2ccccc2)c(-c2ccc(F)cc2)n1CC[C@H]1C[C@H](O)CC(=O)O1. The molecule has 1 saturated heterocycles. The number of ether oxygens (including phenoxy) is 3. The van der Waals surface area contributed by atoms with Crippen molar-refractivity contribution in [2.75, 3.05) is 10.6 Å². The molecule has 0 saturated carbocycles. The minimum Gasteiger partial charge on any atom is -0.462 e. The van der Waals surface area contributed by atoms with Gasteiger partial charge in [0.15, 0.2) is 0 Å². The molecule has 246 valence electrons. The van der Waals surface area contributed by atoms with Gasteiger partial charge in [0.05, 0.1) is 18.2 Å². The Morgan fingerprint density at radius 2 is 1.45 bits per heavy atom. The van der Waals surface area contributed by atoms with Crippen LogP contribution < -0.4 is 10.6 Å². The standard InChI is InChI=1S/C36H38FN3O7/c1-23(2)33-30(21-45-35(43)38-26-9-5-3-6-10-26)31(22-46-36(44)39-27-11-7-4-8-12-27)34(24-13-15-25(37)16-14-24)40(33)18-17-29-19-28(41)20-32(42)47-29/h3-16,23,28-29,41H,17-22H2,1-2H3,(H,38,43)(H,39,44)/t28-,29-/m0/s1. The number of esters is 1. The van der Waals surface area contributed by atoms with Crippen LogP contribution in [-0.2, 0) is 38.8 Å². The van der Waals surface area contributed by atoms with Gasteiger partial charge in [-0.1, -0.05) is 50.2 Å². The summed E-state index contributed by atoms with van der Waals surface area (Å²) in [4.78, 5) is 37.9. The Labute approximate surface area is 272 Å². The topological polar surface area (TPSA) is 128 Å². The van der Waals surface area contributed by atoms with Gasteiger partial charge in [-0.05, 0) is 60.0 Å².